The predicted octanol–water partition coefficient (Wildman–Crippen LogP) is 5.26. The Morgan fingerprint density at radius 3 is 2.15 bits per heavy atom. The molecule has 7 nitrogen and oxygen atoms in total. The minimum atomic E-state index is -3.55. The number of aryl methyl sites for hydroxylation is 2. The van der Waals surface area contributed by atoms with Gasteiger partial charge in [-0.2, -0.15) is 0 Å². The van der Waals surface area contributed by atoms with Gasteiger partial charge in [-0.3, -0.25) is 13.9 Å². The number of hydrogen-bond acceptors (Lipinski definition) is 4. The molecule has 0 saturated carbocycles. The molecule has 41 heavy (non-hydrogen) atoms. The fourth-order valence-electron chi connectivity index (χ4n) is 4.65. The smallest absolute Gasteiger partial charge is 0.243 e. The molecule has 0 saturated heterocycles. The molecule has 1 N–H and O–H groups in total. The molecular formula is C33H43N3O4S. The van der Waals surface area contributed by atoms with Gasteiger partial charge in [-0.1, -0.05) is 86.1 Å². The maximum absolute atomic E-state index is 13.9. The first kappa shape index (κ1) is 31.9. The Balaban J connectivity index is 1.87. The third-order valence-electron chi connectivity index (χ3n) is 6.87. The molecule has 0 unspecified atom stereocenters. The fraction of sp³-hybridized carbons (Fsp3) is 0.394. The van der Waals surface area contributed by atoms with Crippen molar-refractivity contribution in [3.05, 3.63) is 101 Å². The van der Waals surface area contributed by atoms with Crippen LogP contribution in [0.4, 0.5) is 5.69 Å². The molecule has 0 radical (unpaired) electrons. The zero-order chi connectivity index (χ0) is 30.0. The Morgan fingerprint density at radius 1 is 0.854 bits per heavy atom. The number of nitrogens with zero attached hydrogens (tertiary/aromatic N) is 2. The number of carbonyl (C=O) groups is 2. The number of benzene rings is 3. The Labute approximate surface area is 245 Å². The average molecular weight is 578 g/mol. The highest BCUT2D eigenvalue weighted by atomic mass is 32.2. The molecule has 0 aliphatic rings. The average Bonchev–Trinajstić information content (AvgIpc) is 2.92. The predicted molar refractivity (Wildman–Crippen MR) is 166 cm³/mol. The van der Waals surface area contributed by atoms with Crippen LogP contribution in [-0.4, -0.2) is 50.5 Å². The summed E-state index contributed by atoms with van der Waals surface area (Å²) in [4.78, 5) is 29.1. The summed E-state index contributed by atoms with van der Waals surface area (Å²) in [6.07, 6.45) is 1.97. The first-order valence-corrected chi connectivity index (χ1v) is 16.0. The van der Waals surface area contributed by atoms with Crippen molar-refractivity contribution in [2.45, 2.75) is 59.5 Å². The number of rotatable bonds is 14. The van der Waals surface area contributed by atoms with Crippen molar-refractivity contribution in [2.75, 3.05) is 23.7 Å². The molecule has 0 bridgehead atoms. The van der Waals surface area contributed by atoms with E-state index in [2.05, 4.69) is 5.32 Å². The van der Waals surface area contributed by atoms with Crippen LogP contribution in [0.1, 0.15) is 48.9 Å². The lowest BCUT2D eigenvalue weighted by atomic mass is 10.0. The lowest BCUT2D eigenvalue weighted by Gasteiger charge is -2.32. The molecule has 0 spiro atoms. The Hall–Kier alpha value is -3.65. The molecule has 220 valence electrons. The van der Waals surface area contributed by atoms with E-state index in [1.54, 1.807) is 11.0 Å². The van der Waals surface area contributed by atoms with Crippen LogP contribution in [0, 0.1) is 19.8 Å². The molecule has 0 aliphatic heterocycles. The van der Waals surface area contributed by atoms with Crippen molar-refractivity contribution < 1.29 is 18.0 Å². The zero-order valence-corrected chi connectivity index (χ0v) is 25.7. The van der Waals surface area contributed by atoms with Crippen LogP contribution in [0.3, 0.4) is 0 Å². The minimum absolute atomic E-state index is 0.104. The Morgan fingerprint density at radius 2 is 1.54 bits per heavy atom. The molecule has 0 fully saturated rings. The monoisotopic (exact) mass is 577 g/mol. The van der Waals surface area contributed by atoms with E-state index in [9.17, 15) is 18.0 Å². The van der Waals surface area contributed by atoms with E-state index in [4.69, 9.17) is 0 Å². The van der Waals surface area contributed by atoms with Gasteiger partial charge in [0, 0.05) is 32.5 Å². The van der Waals surface area contributed by atoms with Crippen molar-refractivity contribution in [1.29, 1.82) is 0 Å². The van der Waals surface area contributed by atoms with Crippen LogP contribution >= 0.6 is 0 Å². The van der Waals surface area contributed by atoms with E-state index < -0.39 is 16.1 Å². The lowest BCUT2D eigenvalue weighted by molar-refractivity contribution is -0.141. The molecule has 3 rings (SSSR count). The highest BCUT2D eigenvalue weighted by molar-refractivity contribution is 7.92. The van der Waals surface area contributed by atoms with E-state index in [0.717, 1.165) is 22.3 Å². The Kier molecular flexibility index (Phi) is 11.5. The molecule has 1 atom stereocenters. The topological polar surface area (TPSA) is 86.8 Å². The minimum Gasteiger partial charge on any atom is -0.354 e. The number of sulfonamides is 1. The number of hydrogen-bond donors (Lipinski definition) is 1. The lowest BCUT2D eigenvalue weighted by Crippen LogP contribution is -2.51. The van der Waals surface area contributed by atoms with Crippen LogP contribution in [-0.2, 0) is 32.6 Å². The standard InChI is InChI=1S/C33H43N3O4S/c1-25(2)23-34-33(38)31(22-28-12-7-6-8-13-28)35(24-29-18-16-26(3)17-19-29)32(37)15-10-20-36(41(5,39)40)30-14-9-11-27(4)21-30/h6-9,11-14,16-19,21,25,31H,10,15,20,22-24H2,1-5H3,(H,34,38)/t31-/m0/s1. The highest BCUT2D eigenvalue weighted by Gasteiger charge is 2.30. The van der Waals surface area contributed by atoms with Gasteiger partial charge in [-0.25, -0.2) is 8.42 Å². The quantitative estimate of drug-likeness (QED) is 0.283. The largest absolute Gasteiger partial charge is 0.354 e. The summed E-state index contributed by atoms with van der Waals surface area (Å²) in [7, 11) is -3.55. The first-order chi connectivity index (χ1) is 19.4. The molecule has 3 aromatic rings. The van der Waals surface area contributed by atoms with Crippen LogP contribution in [0.25, 0.3) is 0 Å². The van der Waals surface area contributed by atoms with Gasteiger partial charge >= 0.3 is 0 Å². The third kappa shape index (κ3) is 10.0. The van der Waals surface area contributed by atoms with Gasteiger partial charge in [0.2, 0.25) is 21.8 Å². The van der Waals surface area contributed by atoms with Crippen LogP contribution in [0.2, 0.25) is 0 Å². The van der Waals surface area contributed by atoms with E-state index in [-0.39, 0.29) is 37.2 Å². The second-order valence-electron chi connectivity index (χ2n) is 11.1. The van der Waals surface area contributed by atoms with Gasteiger partial charge in [0.15, 0.2) is 0 Å². The number of nitrogens with one attached hydrogen (secondary N) is 1. The van der Waals surface area contributed by atoms with Crippen molar-refractivity contribution in [1.82, 2.24) is 10.2 Å². The molecule has 0 heterocycles. The maximum Gasteiger partial charge on any atom is 0.243 e. The van der Waals surface area contributed by atoms with Gasteiger partial charge in [0.1, 0.15) is 6.04 Å². The zero-order valence-electron chi connectivity index (χ0n) is 24.8. The van der Waals surface area contributed by atoms with Gasteiger partial charge < -0.3 is 10.2 Å². The summed E-state index contributed by atoms with van der Waals surface area (Å²) in [6, 6.07) is 24.2. The molecule has 2 amide bonds. The molecule has 8 heteroatoms. The van der Waals surface area contributed by atoms with Crippen molar-refractivity contribution >= 4 is 27.5 Å². The second-order valence-corrected chi connectivity index (χ2v) is 13.0. The number of amides is 2. The third-order valence-corrected chi connectivity index (χ3v) is 8.07. The summed E-state index contributed by atoms with van der Waals surface area (Å²) >= 11 is 0. The van der Waals surface area contributed by atoms with E-state index in [1.165, 1.54) is 10.6 Å². The van der Waals surface area contributed by atoms with Crippen molar-refractivity contribution in [3.8, 4) is 0 Å². The number of carbonyl (C=O) groups excluding carboxylic acids is 2. The Bertz CT molecular complexity index is 1390. The van der Waals surface area contributed by atoms with Crippen molar-refractivity contribution in [2.24, 2.45) is 5.92 Å². The summed E-state index contributed by atoms with van der Waals surface area (Å²) in [6.45, 7) is 8.93. The normalized spacial score (nSPS) is 12.1. The maximum atomic E-state index is 13.9. The van der Waals surface area contributed by atoms with Crippen LogP contribution < -0.4 is 9.62 Å². The molecule has 3 aromatic carbocycles. The molecular weight excluding hydrogens is 534 g/mol. The second kappa shape index (κ2) is 14.8. The highest BCUT2D eigenvalue weighted by Crippen LogP contribution is 2.21. The van der Waals surface area contributed by atoms with Crippen LogP contribution in [0.5, 0.6) is 0 Å². The van der Waals surface area contributed by atoms with Gasteiger partial charge in [-0.15, -0.1) is 0 Å². The van der Waals surface area contributed by atoms with Gasteiger partial charge in [0.25, 0.3) is 0 Å². The first-order valence-electron chi connectivity index (χ1n) is 14.1. The van der Waals surface area contributed by atoms with Crippen molar-refractivity contribution in [3.63, 3.8) is 0 Å². The van der Waals surface area contributed by atoms with E-state index in [0.29, 0.717) is 25.1 Å². The summed E-state index contributed by atoms with van der Waals surface area (Å²) in [5, 5.41) is 3.03. The van der Waals surface area contributed by atoms with Gasteiger partial charge in [0.05, 0.1) is 11.9 Å². The summed E-state index contributed by atoms with van der Waals surface area (Å²) < 4.78 is 26.6. The SMILES string of the molecule is Cc1ccc(CN(C(=O)CCCN(c2cccc(C)c2)S(C)(=O)=O)[C@@H](Cc2ccccc2)C(=O)NCC(C)C)cc1. The molecule has 0 aliphatic carbocycles. The fourth-order valence-corrected chi connectivity index (χ4v) is 5.61. The molecule has 0 aromatic heterocycles. The van der Waals surface area contributed by atoms with E-state index >= 15 is 0 Å². The summed E-state index contributed by atoms with van der Waals surface area (Å²) in [5.41, 5.74) is 4.52. The van der Waals surface area contributed by atoms with Gasteiger partial charge in [-0.05, 0) is 55.0 Å². The summed E-state index contributed by atoms with van der Waals surface area (Å²) in [5.74, 6) is -0.120. The number of anilines is 1. The van der Waals surface area contributed by atoms with Crippen LogP contribution in [0.15, 0.2) is 78.9 Å². The van der Waals surface area contributed by atoms with E-state index in [1.807, 2.05) is 100 Å².